The van der Waals surface area contributed by atoms with Crippen LogP contribution in [0.2, 0.25) is 0 Å². The van der Waals surface area contributed by atoms with Gasteiger partial charge in [-0.3, -0.25) is 0 Å². The second-order valence-corrected chi connectivity index (χ2v) is 6.36. The zero-order valence-corrected chi connectivity index (χ0v) is 13.9. The monoisotopic (exact) mass is 327 g/mol. The molecule has 1 N–H and O–H groups in total. The van der Waals surface area contributed by atoms with Crippen LogP contribution in [0.5, 0.6) is 0 Å². The van der Waals surface area contributed by atoms with Crippen molar-refractivity contribution in [1.82, 2.24) is 29.7 Å². The van der Waals surface area contributed by atoms with Crippen molar-refractivity contribution in [1.29, 1.82) is 0 Å². The van der Waals surface area contributed by atoms with Crippen molar-refractivity contribution in [2.45, 2.75) is 52.1 Å². The zero-order chi connectivity index (χ0) is 16.5. The molecule has 0 bridgehead atoms. The smallest absolute Gasteiger partial charge is 0.216 e. The molecule has 126 valence electrons. The van der Waals surface area contributed by atoms with Gasteiger partial charge >= 0.3 is 0 Å². The molecular weight excluding hydrogens is 306 g/mol. The summed E-state index contributed by atoms with van der Waals surface area (Å²) in [7, 11) is 0. The highest BCUT2D eigenvalue weighted by atomic mass is 16.4. The van der Waals surface area contributed by atoms with Crippen LogP contribution in [0.1, 0.15) is 38.0 Å². The average molecular weight is 327 g/mol. The zero-order valence-electron chi connectivity index (χ0n) is 13.9. The Kier molecular flexibility index (Phi) is 3.87. The number of hydrogen-bond donors (Lipinski definition) is 1. The van der Waals surface area contributed by atoms with E-state index in [1.807, 2.05) is 17.8 Å². The van der Waals surface area contributed by atoms with E-state index in [9.17, 15) is 0 Å². The van der Waals surface area contributed by atoms with Gasteiger partial charge < -0.3 is 14.3 Å². The Morgan fingerprint density at radius 1 is 1.25 bits per heavy atom. The van der Waals surface area contributed by atoms with Gasteiger partial charge in [0.25, 0.3) is 0 Å². The summed E-state index contributed by atoms with van der Waals surface area (Å²) in [5, 5.41) is 11.5. The summed E-state index contributed by atoms with van der Waals surface area (Å²) in [6.07, 6.45) is 7.60. The van der Waals surface area contributed by atoms with Crippen LogP contribution in [0.15, 0.2) is 17.1 Å². The molecule has 1 aliphatic carbocycles. The Bertz CT molecular complexity index is 840. The van der Waals surface area contributed by atoms with Crippen LogP contribution in [-0.4, -0.2) is 35.8 Å². The van der Waals surface area contributed by atoms with E-state index in [2.05, 4.69) is 37.4 Å². The predicted molar refractivity (Wildman–Crippen MR) is 88.5 cm³/mol. The van der Waals surface area contributed by atoms with Crippen molar-refractivity contribution in [2.24, 2.45) is 5.92 Å². The Balaban J connectivity index is 1.44. The molecule has 4 rings (SSSR count). The number of hydrogen-bond acceptors (Lipinski definition) is 7. The topological polar surface area (TPSA) is 94.6 Å². The third kappa shape index (κ3) is 2.83. The third-order valence-corrected chi connectivity index (χ3v) is 4.66. The van der Waals surface area contributed by atoms with Crippen LogP contribution >= 0.6 is 0 Å². The SMILES string of the molecule is CCn1cnc2c(N[C@H]3CC[C@@H](Cc4nnc(C)o4)C3)ncnc21. The lowest BCUT2D eigenvalue weighted by molar-refractivity contribution is 0.416. The molecule has 8 nitrogen and oxygen atoms in total. The number of rotatable bonds is 5. The minimum absolute atomic E-state index is 0.392. The maximum absolute atomic E-state index is 5.50. The molecule has 0 aliphatic heterocycles. The number of fused-ring (bicyclic) bond motifs is 1. The minimum Gasteiger partial charge on any atom is -0.426 e. The molecule has 3 heterocycles. The van der Waals surface area contributed by atoms with Gasteiger partial charge in [0.1, 0.15) is 11.8 Å². The van der Waals surface area contributed by atoms with E-state index in [4.69, 9.17) is 4.42 Å². The highest BCUT2D eigenvalue weighted by Crippen LogP contribution is 2.31. The first-order valence-corrected chi connectivity index (χ1v) is 8.44. The molecule has 3 aromatic heterocycles. The molecule has 3 aromatic rings. The lowest BCUT2D eigenvalue weighted by atomic mass is 10.0. The normalized spacial score (nSPS) is 20.8. The summed E-state index contributed by atoms with van der Waals surface area (Å²) in [5.74, 6) is 2.76. The van der Waals surface area contributed by atoms with E-state index < -0.39 is 0 Å². The first-order chi connectivity index (χ1) is 11.7. The maximum Gasteiger partial charge on any atom is 0.216 e. The fourth-order valence-electron chi connectivity index (χ4n) is 3.47. The van der Waals surface area contributed by atoms with Crippen molar-refractivity contribution in [2.75, 3.05) is 5.32 Å². The Morgan fingerprint density at radius 3 is 2.96 bits per heavy atom. The van der Waals surface area contributed by atoms with E-state index in [1.54, 1.807) is 6.33 Å². The molecular formula is C16H21N7O. The number of imidazole rings is 1. The molecule has 8 heteroatoms. The lowest BCUT2D eigenvalue weighted by Crippen LogP contribution is -2.17. The van der Waals surface area contributed by atoms with Crippen molar-refractivity contribution < 1.29 is 4.42 Å². The van der Waals surface area contributed by atoms with Gasteiger partial charge in [-0.1, -0.05) is 0 Å². The molecule has 1 fully saturated rings. The number of aromatic nitrogens is 6. The molecule has 0 amide bonds. The maximum atomic E-state index is 5.50. The number of aryl methyl sites for hydroxylation is 2. The fourth-order valence-corrected chi connectivity index (χ4v) is 3.47. The third-order valence-electron chi connectivity index (χ3n) is 4.66. The molecule has 0 aromatic carbocycles. The Labute approximate surface area is 139 Å². The van der Waals surface area contributed by atoms with Crippen LogP contribution in [0.3, 0.4) is 0 Å². The number of anilines is 1. The Morgan fingerprint density at radius 2 is 2.17 bits per heavy atom. The van der Waals surface area contributed by atoms with Gasteiger partial charge in [-0.05, 0) is 32.1 Å². The highest BCUT2D eigenvalue weighted by molar-refractivity contribution is 5.82. The number of nitrogens with zero attached hydrogens (tertiary/aromatic N) is 6. The lowest BCUT2D eigenvalue weighted by Gasteiger charge is -2.13. The van der Waals surface area contributed by atoms with E-state index in [1.165, 1.54) is 0 Å². The molecule has 1 saturated carbocycles. The summed E-state index contributed by atoms with van der Waals surface area (Å²) in [6.45, 7) is 4.75. The molecule has 0 radical (unpaired) electrons. The second kappa shape index (κ2) is 6.18. The van der Waals surface area contributed by atoms with Crippen LogP contribution in [0, 0.1) is 12.8 Å². The highest BCUT2D eigenvalue weighted by Gasteiger charge is 2.27. The second-order valence-electron chi connectivity index (χ2n) is 6.36. The summed E-state index contributed by atoms with van der Waals surface area (Å²) in [4.78, 5) is 13.2. The largest absolute Gasteiger partial charge is 0.426 e. The summed E-state index contributed by atoms with van der Waals surface area (Å²) < 4.78 is 7.52. The molecule has 24 heavy (non-hydrogen) atoms. The summed E-state index contributed by atoms with van der Waals surface area (Å²) in [5.41, 5.74) is 1.72. The van der Waals surface area contributed by atoms with Crippen molar-refractivity contribution in [3.05, 3.63) is 24.4 Å². The standard InChI is InChI=1S/C16H21N7O/c1-3-23-9-19-14-15(17-8-18-16(14)23)20-12-5-4-11(6-12)7-13-22-21-10(2)24-13/h8-9,11-12H,3-7H2,1-2H3,(H,17,18,20)/t11-,12+/m1/s1. The quantitative estimate of drug-likeness (QED) is 0.768. The van der Waals surface area contributed by atoms with Gasteiger partial charge in [-0.25, -0.2) is 15.0 Å². The minimum atomic E-state index is 0.392. The average Bonchev–Trinajstić information content (AvgIpc) is 3.28. The van der Waals surface area contributed by atoms with Crippen molar-refractivity contribution in [3.63, 3.8) is 0 Å². The van der Waals surface area contributed by atoms with E-state index in [0.29, 0.717) is 17.9 Å². The molecule has 1 aliphatic rings. The first-order valence-electron chi connectivity index (χ1n) is 8.44. The van der Waals surface area contributed by atoms with Crippen LogP contribution in [0.25, 0.3) is 11.2 Å². The van der Waals surface area contributed by atoms with E-state index in [0.717, 1.165) is 55.1 Å². The molecule has 2 atom stereocenters. The van der Waals surface area contributed by atoms with Crippen LogP contribution < -0.4 is 5.32 Å². The van der Waals surface area contributed by atoms with Crippen LogP contribution in [0.4, 0.5) is 5.82 Å². The first kappa shape index (κ1) is 15.0. The van der Waals surface area contributed by atoms with Crippen LogP contribution in [-0.2, 0) is 13.0 Å². The Hall–Kier alpha value is -2.51. The van der Waals surface area contributed by atoms with Gasteiger partial charge in [0.15, 0.2) is 11.5 Å². The van der Waals surface area contributed by atoms with Crippen molar-refractivity contribution in [3.8, 4) is 0 Å². The molecule has 0 unspecified atom stereocenters. The van der Waals surface area contributed by atoms with Crippen molar-refractivity contribution >= 4 is 17.0 Å². The van der Waals surface area contributed by atoms with Gasteiger partial charge in [-0.15, -0.1) is 10.2 Å². The molecule has 0 spiro atoms. The summed E-state index contributed by atoms with van der Waals surface area (Å²) in [6, 6.07) is 0.392. The summed E-state index contributed by atoms with van der Waals surface area (Å²) >= 11 is 0. The van der Waals surface area contributed by atoms with Gasteiger partial charge in [0.2, 0.25) is 11.8 Å². The predicted octanol–water partition coefficient (Wildman–Crippen LogP) is 2.36. The van der Waals surface area contributed by atoms with E-state index in [-0.39, 0.29) is 0 Å². The number of nitrogens with one attached hydrogen (secondary N) is 1. The fraction of sp³-hybridized carbons (Fsp3) is 0.562. The van der Waals surface area contributed by atoms with Gasteiger partial charge in [0, 0.05) is 25.9 Å². The van der Waals surface area contributed by atoms with E-state index >= 15 is 0 Å². The van der Waals surface area contributed by atoms with Gasteiger partial charge in [-0.2, -0.15) is 0 Å². The molecule has 0 saturated heterocycles. The van der Waals surface area contributed by atoms with Gasteiger partial charge in [0.05, 0.1) is 6.33 Å².